The zero-order valence-electron chi connectivity index (χ0n) is 16.7. The number of alkyl halides is 1. The van der Waals surface area contributed by atoms with Crippen LogP contribution in [0.25, 0.3) is 21.9 Å². The van der Waals surface area contributed by atoms with Crippen molar-refractivity contribution >= 4 is 49.4 Å². The third-order valence-corrected chi connectivity index (χ3v) is 7.03. The molecule has 1 saturated carbocycles. The van der Waals surface area contributed by atoms with Gasteiger partial charge in [-0.1, -0.05) is 12.1 Å². The summed E-state index contributed by atoms with van der Waals surface area (Å²) in [5, 5.41) is 12.4. The summed E-state index contributed by atoms with van der Waals surface area (Å²) in [6.07, 6.45) is 3.06. The molecule has 6 nitrogen and oxygen atoms in total. The first-order valence-electron chi connectivity index (χ1n) is 10.3. The van der Waals surface area contributed by atoms with Gasteiger partial charge in [0, 0.05) is 28.9 Å². The molecule has 5 N–H and O–H groups in total. The molecule has 1 aliphatic carbocycles. The normalized spacial score (nSPS) is 23.7. The molecule has 0 aliphatic heterocycles. The van der Waals surface area contributed by atoms with Crippen LogP contribution in [0.15, 0.2) is 53.3 Å². The number of halogens is 2. The largest absolute Gasteiger partial charge is 0.398 e. The Morgan fingerprint density at radius 2 is 2.03 bits per heavy atom. The van der Waals surface area contributed by atoms with Crippen LogP contribution in [-0.2, 0) is 6.42 Å². The Bertz CT molecular complexity index is 1280. The molecule has 31 heavy (non-hydrogen) atoms. The molecule has 1 aliphatic rings. The van der Waals surface area contributed by atoms with Crippen LogP contribution in [0.1, 0.15) is 24.4 Å². The molecule has 1 fully saturated rings. The van der Waals surface area contributed by atoms with Gasteiger partial charge in [-0.2, -0.15) is 0 Å². The van der Waals surface area contributed by atoms with E-state index < -0.39 is 18.3 Å². The number of pyridine rings is 2. The number of anilines is 2. The fourth-order valence-corrected chi connectivity index (χ4v) is 5.01. The zero-order chi connectivity index (χ0) is 21.7. The second-order valence-corrected chi connectivity index (χ2v) is 9.13. The van der Waals surface area contributed by atoms with Gasteiger partial charge in [-0.15, -0.1) is 0 Å². The van der Waals surface area contributed by atoms with Crippen LogP contribution in [0, 0.1) is 5.92 Å². The highest BCUT2D eigenvalue weighted by Gasteiger charge is 2.43. The van der Waals surface area contributed by atoms with Crippen molar-refractivity contribution in [1.29, 1.82) is 0 Å². The van der Waals surface area contributed by atoms with Crippen molar-refractivity contribution in [2.45, 2.75) is 37.6 Å². The van der Waals surface area contributed by atoms with Crippen molar-refractivity contribution < 1.29 is 9.50 Å². The first kappa shape index (κ1) is 20.2. The number of aliphatic hydroxyl groups excluding tert-OH is 1. The summed E-state index contributed by atoms with van der Waals surface area (Å²) in [5.41, 5.74) is 15.1. The Morgan fingerprint density at radius 3 is 2.87 bits per heavy atom. The summed E-state index contributed by atoms with van der Waals surface area (Å²) in [7, 11) is 0. The van der Waals surface area contributed by atoms with E-state index in [-0.39, 0.29) is 5.92 Å². The van der Waals surface area contributed by atoms with Gasteiger partial charge in [0.25, 0.3) is 0 Å². The minimum atomic E-state index is -1.35. The third kappa shape index (κ3) is 3.53. The number of nitrogen functional groups attached to an aromatic ring is 2. The van der Waals surface area contributed by atoms with Gasteiger partial charge in [0.1, 0.15) is 17.6 Å². The van der Waals surface area contributed by atoms with E-state index in [4.69, 9.17) is 11.5 Å². The molecule has 0 unspecified atom stereocenters. The molecule has 1 aromatic carbocycles. The van der Waals surface area contributed by atoms with E-state index >= 15 is 4.39 Å². The first-order valence-corrected chi connectivity index (χ1v) is 11.1. The van der Waals surface area contributed by atoms with E-state index in [0.717, 1.165) is 32.7 Å². The fourth-order valence-electron chi connectivity index (χ4n) is 4.68. The highest BCUT2D eigenvalue weighted by molar-refractivity contribution is 9.10. The zero-order valence-corrected chi connectivity index (χ0v) is 18.3. The van der Waals surface area contributed by atoms with Gasteiger partial charge >= 0.3 is 0 Å². The minimum Gasteiger partial charge on any atom is -0.398 e. The molecule has 4 aromatic rings. The second kappa shape index (κ2) is 7.76. The lowest BCUT2D eigenvalue weighted by Gasteiger charge is -2.17. The number of nitrogens with two attached hydrogens (primary N) is 2. The van der Waals surface area contributed by atoms with Gasteiger partial charge in [-0.25, -0.2) is 14.4 Å². The highest BCUT2D eigenvalue weighted by Crippen LogP contribution is 2.41. The monoisotopic (exact) mass is 483 g/mol. The summed E-state index contributed by atoms with van der Waals surface area (Å²) in [5.74, 6) is 0.310. The lowest BCUT2D eigenvalue weighted by atomic mass is 9.95. The number of fused-ring (bicyclic) bond motifs is 2. The van der Waals surface area contributed by atoms with Crippen LogP contribution in [0.5, 0.6) is 0 Å². The molecule has 3 heterocycles. The maximum Gasteiger partial charge on any atom is 0.147 e. The van der Waals surface area contributed by atoms with E-state index in [2.05, 4.69) is 25.9 Å². The van der Waals surface area contributed by atoms with Crippen LogP contribution >= 0.6 is 15.9 Å². The van der Waals surface area contributed by atoms with Crippen molar-refractivity contribution in [3.8, 4) is 0 Å². The summed E-state index contributed by atoms with van der Waals surface area (Å²) in [6.45, 7) is 0. The first-order chi connectivity index (χ1) is 14.9. The lowest BCUT2D eigenvalue weighted by molar-refractivity contribution is 0.0574. The lowest BCUT2D eigenvalue weighted by Crippen LogP contribution is -2.25. The van der Waals surface area contributed by atoms with Crippen LogP contribution in [-0.4, -0.2) is 31.9 Å². The van der Waals surface area contributed by atoms with Gasteiger partial charge in [0.05, 0.1) is 22.1 Å². The molecular formula is C23H23BrFN5O. The number of hydrogen-bond acceptors (Lipinski definition) is 5. The summed E-state index contributed by atoms with van der Waals surface area (Å²) in [6, 6.07) is 11.1. The molecule has 8 heteroatoms. The Morgan fingerprint density at radius 1 is 1.19 bits per heavy atom. The van der Waals surface area contributed by atoms with Crippen molar-refractivity contribution in [3.05, 3.63) is 58.8 Å². The van der Waals surface area contributed by atoms with Crippen LogP contribution < -0.4 is 11.5 Å². The van der Waals surface area contributed by atoms with Gasteiger partial charge in [0.15, 0.2) is 0 Å². The Labute approximate surface area is 187 Å². The molecular weight excluding hydrogens is 461 g/mol. The molecule has 0 saturated heterocycles. The Kier molecular flexibility index (Phi) is 5.06. The molecule has 5 rings (SSSR count). The SMILES string of the molecule is Nc1nc2cc(CC[C@H]3C[C@@H](n4ccc5c(N)ccnc54)[C@H](F)[C@@H]3O)ccc2cc1Br. The average Bonchev–Trinajstić information content (AvgIpc) is 3.30. The molecule has 160 valence electrons. The smallest absolute Gasteiger partial charge is 0.147 e. The topological polar surface area (TPSA) is 103 Å². The van der Waals surface area contributed by atoms with Crippen molar-refractivity contribution in [3.63, 3.8) is 0 Å². The van der Waals surface area contributed by atoms with Crippen LogP contribution in [0.3, 0.4) is 0 Å². The average molecular weight is 484 g/mol. The maximum absolute atomic E-state index is 15.1. The quantitative estimate of drug-likeness (QED) is 0.399. The number of hydrogen-bond donors (Lipinski definition) is 3. The summed E-state index contributed by atoms with van der Waals surface area (Å²) in [4.78, 5) is 8.81. The molecule has 3 aromatic heterocycles. The van der Waals surface area contributed by atoms with E-state index in [1.54, 1.807) is 12.3 Å². The summed E-state index contributed by atoms with van der Waals surface area (Å²) < 4.78 is 17.7. The number of aryl methyl sites for hydroxylation is 1. The van der Waals surface area contributed by atoms with E-state index in [9.17, 15) is 5.11 Å². The standard InChI is InChI=1S/C23H23BrFN5O/c24-16-10-13-3-1-12(9-18(13)29-22(16)27)2-4-14-11-19(20(25)21(14)31)30-8-6-15-17(26)5-7-28-23(15)30/h1,3,5-10,14,19-21,31H,2,4,11H2,(H2,26,28)(H2,27,29)/t14-,19+,20-,21+/m0/s1. The maximum atomic E-state index is 15.1. The van der Waals surface area contributed by atoms with E-state index in [0.29, 0.717) is 30.0 Å². The molecule has 0 radical (unpaired) electrons. The van der Waals surface area contributed by atoms with Gasteiger partial charge in [0.2, 0.25) is 0 Å². The Hall–Kier alpha value is -2.71. The molecule has 0 bridgehead atoms. The fraction of sp³-hybridized carbons (Fsp3) is 0.304. The Balaban J connectivity index is 1.34. The van der Waals surface area contributed by atoms with Crippen molar-refractivity contribution in [1.82, 2.24) is 14.5 Å². The third-order valence-electron chi connectivity index (χ3n) is 6.39. The minimum absolute atomic E-state index is 0.142. The predicted octanol–water partition coefficient (Wildman–Crippen LogP) is 4.40. The molecule has 0 amide bonds. The van der Waals surface area contributed by atoms with E-state index in [1.165, 1.54) is 0 Å². The van der Waals surface area contributed by atoms with Gasteiger partial charge < -0.3 is 21.1 Å². The molecule has 0 spiro atoms. The van der Waals surface area contributed by atoms with Crippen molar-refractivity contribution in [2.24, 2.45) is 5.92 Å². The predicted molar refractivity (Wildman–Crippen MR) is 124 cm³/mol. The van der Waals surface area contributed by atoms with Crippen LogP contribution in [0.4, 0.5) is 15.9 Å². The number of nitrogens with zero attached hydrogens (tertiary/aromatic N) is 3. The summed E-state index contributed by atoms with van der Waals surface area (Å²) >= 11 is 3.40. The van der Waals surface area contributed by atoms with Crippen molar-refractivity contribution in [2.75, 3.05) is 11.5 Å². The number of aliphatic hydroxyl groups is 1. The van der Waals surface area contributed by atoms with E-state index in [1.807, 2.05) is 41.1 Å². The number of benzene rings is 1. The van der Waals surface area contributed by atoms with Gasteiger partial charge in [-0.05, 0) is 70.9 Å². The van der Waals surface area contributed by atoms with Gasteiger partial charge in [-0.3, -0.25) is 0 Å². The molecule has 4 atom stereocenters. The number of rotatable bonds is 4. The number of aromatic nitrogens is 3. The highest BCUT2D eigenvalue weighted by atomic mass is 79.9. The van der Waals surface area contributed by atoms with Crippen LogP contribution in [0.2, 0.25) is 0 Å². The second-order valence-electron chi connectivity index (χ2n) is 8.28.